The summed E-state index contributed by atoms with van der Waals surface area (Å²) < 4.78 is 51.1. The normalized spacial score (nSPS) is 17.7. The first-order valence-corrected chi connectivity index (χ1v) is 12.2. The van der Waals surface area contributed by atoms with Crippen molar-refractivity contribution in [2.24, 2.45) is 0 Å². The SMILES string of the molecule is Cc1ccc(C2=C(O)c3ncccc3C(C)(C)S2(=O)=O)c(C)c1N(C)S(C)(=O)=O. The van der Waals surface area contributed by atoms with Gasteiger partial charge in [-0.3, -0.25) is 9.29 Å². The van der Waals surface area contributed by atoms with Gasteiger partial charge in [0.25, 0.3) is 0 Å². The molecule has 29 heavy (non-hydrogen) atoms. The fourth-order valence-corrected chi connectivity index (χ4v) is 6.16. The third kappa shape index (κ3) is 3.03. The Morgan fingerprint density at radius 2 is 1.76 bits per heavy atom. The van der Waals surface area contributed by atoms with Crippen LogP contribution < -0.4 is 4.31 Å². The van der Waals surface area contributed by atoms with Crippen molar-refractivity contribution in [3.63, 3.8) is 0 Å². The second kappa shape index (κ2) is 6.56. The molecule has 1 aromatic heterocycles. The van der Waals surface area contributed by atoms with E-state index in [1.807, 2.05) is 0 Å². The monoisotopic (exact) mass is 436 g/mol. The highest BCUT2D eigenvalue weighted by Crippen LogP contribution is 2.48. The van der Waals surface area contributed by atoms with Crippen molar-refractivity contribution in [1.82, 2.24) is 4.98 Å². The number of hydrogen-bond donors (Lipinski definition) is 1. The Hall–Kier alpha value is -2.39. The minimum atomic E-state index is -4.01. The fourth-order valence-electron chi connectivity index (χ4n) is 3.72. The Balaban J connectivity index is 2.43. The first-order valence-electron chi connectivity index (χ1n) is 8.91. The maximum absolute atomic E-state index is 13.5. The molecule has 0 unspecified atom stereocenters. The van der Waals surface area contributed by atoms with Crippen LogP contribution in [0.25, 0.3) is 10.7 Å². The molecular weight excluding hydrogens is 412 g/mol. The molecule has 7 nitrogen and oxygen atoms in total. The van der Waals surface area contributed by atoms with Crippen LogP contribution in [0.5, 0.6) is 0 Å². The first-order chi connectivity index (χ1) is 13.2. The van der Waals surface area contributed by atoms with Crippen molar-refractivity contribution >= 4 is 36.2 Å². The number of nitrogens with zero attached hydrogens (tertiary/aromatic N) is 2. The van der Waals surface area contributed by atoms with Crippen LogP contribution >= 0.6 is 0 Å². The van der Waals surface area contributed by atoms with Crippen molar-refractivity contribution < 1.29 is 21.9 Å². The van der Waals surface area contributed by atoms with E-state index in [1.54, 1.807) is 52.0 Å². The molecule has 3 rings (SSSR count). The predicted molar refractivity (Wildman–Crippen MR) is 115 cm³/mol. The fraction of sp³-hybridized carbons (Fsp3) is 0.350. The molecule has 0 saturated carbocycles. The van der Waals surface area contributed by atoms with Crippen LogP contribution in [0, 0.1) is 13.8 Å². The molecule has 1 aliphatic rings. The highest BCUT2D eigenvalue weighted by molar-refractivity contribution is 8.01. The van der Waals surface area contributed by atoms with Crippen molar-refractivity contribution in [3.8, 4) is 0 Å². The van der Waals surface area contributed by atoms with Gasteiger partial charge in [-0.25, -0.2) is 16.8 Å². The molecule has 0 saturated heterocycles. The number of benzene rings is 1. The summed E-state index contributed by atoms with van der Waals surface area (Å²) in [4.78, 5) is 3.96. The lowest BCUT2D eigenvalue weighted by molar-refractivity contribution is 0.501. The number of sulfone groups is 1. The number of aliphatic hydroxyl groups is 1. The summed E-state index contributed by atoms with van der Waals surface area (Å²) in [5.74, 6) is -0.431. The molecule has 0 radical (unpaired) electrons. The average molecular weight is 437 g/mol. The third-order valence-electron chi connectivity index (χ3n) is 5.53. The molecule has 1 aromatic carbocycles. The van der Waals surface area contributed by atoms with Crippen LogP contribution in [0.4, 0.5) is 5.69 Å². The molecule has 0 fully saturated rings. The van der Waals surface area contributed by atoms with Gasteiger partial charge in [-0.05, 0) is 44.9 Å². The van der Waals surface area contributed by atoms with Gasteiger partial charge in [0.1, 0.15) is 10.6 Å². The van der Waals surface area contributed by atoms with Crippen molar-refractivity contribution in [2.45, 2.75) is 32.4 Å². The molecule has 0 spiro atoms. The minimum absolute atomic E-state index is 0.209. The standard InChI is InChI=1S/C20H24N2O5S2/c1-12-9-10-14(13(2)17(12)22(5)28(6,24)25)19-18(23)16-15(8-7-11-21-16)20(3,4)29(19,26)27/h7-11,23H,1-6H3. The van der Waals surface area contributed by atoms with Gasteiger partial charge < -0.3 is 5.11 Å². The third-order valence-corrected chi connectivity index (χ3v) is 9.22. The van der Waals surface area contributed by atoms with Crippen LogP contribution in [0.3, 0.4) is 0 Å². The molecular formula is C20H24N2O5S2. The van der Waals surface area contributed by atoms with E-state index in [4.69, 9.17) is 0 Å². The Morgan fingerprint density at radius 1 is 1.14 bits per heavy atom. The van der Waals surface area contributed by atoms with E-state index in [9.17, 15) is 21.9 Å². The van der Waals surface area contributed by atoms with E-state index >= 15 is 0 Å². The Kier molecular flexibility index (Phi) is 4.83. The van der Waals surface area contributed by atoms with Gasteiger partial charge in [0.05, 0.1) is 16.7 Å². The minimum Gasteiger partial charge on any atom is -0.504 e. The largest absolute Gasteiger partial charge is 0.504 e. The van der Waals surface area contributed by atoms with Gasteiger partial charge in [-0.15, -0.1) is 0 Å². The summed E-state index contributed by atoms with van der Waals surface area (Å²) in [5, 5.41) is 10.9. The number of aromatic nitrogens is 1. The number of pyridine rings is 1. The average Bonchev–Trinajstić information content (AvgIpc) is 2.61. The topological polar surface area (TPSA) is 105 Å². The number of sulfonamides is 1. The summed E-state index contributed by atoms with van der Waals surface area (Å²) in [5.41, 5.74) is 2.37. The first kappa shape index (κ1) is 21.3. The summed E-state index contributed by atoms with van der Waals surface area (Å²) in [7, 11) is -6.16. The van der Waals surface area contributed by atoms with Crippen molar-refractivity contribution in [3.05, 3.63) is 58.4 Å². The number of aryl methyl sites for hydroxylation is 1. The number of rotatable bonds is 3. The highest BCUT2D eigenvalue weighted by Gasteiger charge is 2.48. The van der Waals surface area contributed by atoms with E-state index in [-0.39, 0.29) is 16.2 Å². The lowest BCUT2D eigenvalue weighted by Gasteiger charge is -2.34. The van der Waals surface area contributed by atoms with Crippen molar-refractivity contribution in [2.75, 3.05) is 17.6 Å². The highest BCUT2D eigenvalue weighted by atomic mass is 32.2. The lowest BCUT2D eigenvalue weighted by atomic mass is 9.96. The molecule has 0 bridgehead atoms. The van der Waals surface area contributed by atoms with E-state index in [0.717, 1.165) is 10.6 Å². The zero-order valence-corrected chi connectivity index (χ0v) is 18.8. The van der Waals surface area contributed by atoms with Gasteiger partial charge in [-0.2, -0.15) is 0 Å². The summed E-state index contributed by atoms with van der Waals surface area (Å²) in [6, 6.07) is 6.51. The number of anilines is 1. The molecule has 0 atom stereocenters. The molecule has 0 aliphatic carbocycles. The summed E-state index contributed by atoms with van der Waals surface area (Å²) >= 11 is 0. The second-order valence-electron chi connectivity index (χ2n) is 7.73. The molecule has 156 valence electrons. The molecule has 2 aromatic rings. The van der Waals surface area contributed by atoms with Gasteiger partial charge >= 0.3 is 0 Å². The van der Waals surface area contributed by atoms with Crippen LogP contribution in [-0.2, 0) is 24.6 Å². The maximum Gasteiger partial charge on any atom is 0.232 e. The van der Waals surface area contributed by atoms with Crippen LogP contribution in [-0.4, -0.2) is 40.2 Å². The van der Waals surface area contributed by atoms with Crippen LogP contribution in [0.1, 0.15) is 41.8 Å². The van der Waals surface area contributed by atoms with E-state index in [0.29, 0.717) is 22.4 Å². The lowest BCUT2D eigenvalue weighted by Crippen LogP contribution is -2.35. The van der Waals surface area contributed by atoms with Gasteiger partial charge in [0.2, 0.25) is 10.0 Å². The van der Waals surface area contributed by atoms with E-state index < -0.39 is 30.4 Å². The molecule has 1 N–H and O–H groups in total. The van der Waals surface area contributed by atoms with Crippen molar-refractivity contribution in [1.29, 1.82) is 0 Å². The zero-order chi connectivity index (χ0) is 21.9. The van der Waals surface area contributed by atoms with E-state index in [2.05, 4.69) is 4.98 Å². The Bertz CT molecular complexity index is 1260. The number of aliphatic hydroxyl groups excluding tert-OH is 1. The Labute approximate surface area is 171 Å². The smallest absolute Gasteiger partial charge is 0.232 e. The number of fused-ring (bicyclic) bond motifs is 1. The maximum atomic E-state index is 13.5. The summed E-state index contributed by atoms with van der Waals surface area (Å²) in [6.45, 7) is 6.54. The zero-order valence-electron chi connectivity index (χ0n) is 17.2. The predicted octanol–water partition coefficient (Wildman–Crippen LogP) is 3.14. The molecule has 1 aliphatic heterocycles. The van der Waals surface area contributed by atoms with Crippen LogP contribution in [0.2, 0.25) is 0 Å². The second-order valence-corrected chi connectivity index (χ2v) is 12.2. The molecule has 9 heteroatoms. The van der Waals surface area contributed by atoms with Gasteiger partial charge in [-0.1, -0.05) is 18.2 Å². The molecule has 0 amide bonds. The van der Waals surface area contributed by atoms with Gasteiger partial charge in [0.15, 0.2) is 15.6 Å². The Morgan fingerprint density at radius 3 is 2.34 bits per heavy atom. The van der Waals surface area contributed by atoms with Crippen LogP contribution in [0.15, 0.2) is 30.5 Å². The number of hydrogen-bond acceptors (Lipinski definition) is 6. The summed E-state index contributed by atoms with van der Waals surface area (Å²) in [6.07, 6.45) is 2.57. The quantitative estimate of drug-likeness (QED) is 0.793. The molecule has 2 heterocycles. The van der Waals surface area contributed by atoms with Gasteiger partial charge in [0, 0.05) is 24.4 Å². The van der Waals surface area contributed by atoms with E-state index in [1.165, 1.54) is 13.2 Å².